The van der Waals surface area contributed by atoms with E-state index in [0.29, 0.717) is 5.82 Å². The smallest absolute Gasteiger partial charge is 0.160 e. The van der Waals surface area contributed by atoms with Crippen LogP contribution in [-0.4, -0.2) is 15.0 Å². The van der Waals surface area contributed by atoms with Gasteiger partial charge in [-0.2, -0.15) is 0 Å². The summed E-state index contributed by atoms with van der Waals surface area (Å²) in [5, 5.41) is 1.97. The van der Waals surface area contributed by atoms with Crippen molar-refractivity contribution in [2.45, 2.75) is 0 Å². The van der Waals surface area contributed by atoms with Gasteiger partial charge in [-0.15, -0.1) is 0 Å². The standard InChI is InChI=1S/C57H37N3O/c1-6-16-38(17-7-1)39-26-30-41(31-27-39)49-37-50(60-57(59-49)46-24-14-5-15-25-46)42-32-28-40(29-33-42)47-34-35-48-51(36-47)58-54(44-20-10-3-11-21-44)53-52(43-18-8-2-9-19-43)55(61-56(48)53)45-22-12-4-13-23-45/h1-37H. The molecular weight excluding hydrogens is 743 g/mol. The zero-order valence-corrected chi connectivity index (χ0v) is 33.1. The van der Waals surface area contributed by atoms with Gasteiger partial charge < -0.3 is 4.42 Å². The normalized spacial score (nSPS) is 11.3. The summed E-state index contributed by atoms with van der Waals surface area (Å²) in [6.07, 6.45) is 0. The van der Waals surface area contributed by atoms with E-state index in [9.17, 15) is 0 Å². The number of nitrogens with zero attached hydrogens (tertiary/aromatic N) is 3. The quantitative estimate of drug-likeness (QED) is 0.154. The number of rotatable bonds is 8. The van der Waals surface area contributed by atoms with Crippen molar-refractivity contribution in [2.75, 3.05) is 0 Å². The van der Waals surface area contributed by atoms with Crippen LogP contribution in [0.15, 0.2) is 229 Å². The Morgan fingerprint density at radius 2 is 0.738 bits per heavy atom. The third-order valence-corrected chi connectivity index (χ3v) is 11.3. The molecule has 0 N–H and O–H groups in total. The average Bonchev–Trinajstić information content (AvgIpc) is 3.76. The number of fused-ring (bicyclic) bond motifs is 3. The highest BCUT2D eigenvalue weighted by molar-refractivity contribution is 6.17. The molecule has 11 aromatic rings. The molecule has 0 unspecified atom stereocenters. The van der Waals surface area contributed by atoms with Crippen LogP contribution in [0, 0.1) is 0 Å². The maximum atomic E-state index is 6.98. The third kappa shape index (κ3) is 6.86. The van der Waals surface area contributed by atoms with Crippen molar-refractivity contribution in [3.05, 3.63) is 224 Å². The molecule has 0 fully saturated rings. The molecule has 0 bridgehead atoms. The molecule has 0 radical (unpaired) electrons. The molecular formula is C57H37N3O. The van der Waals surface area contributed by atoms with Gasteiger partial charge in [0.25, 0.3) is 0 Å². The van der Waals surface area contributed by atoms with Crippen LogP contribution in [0.2, 0.25) is 0 Å². The molecule has 0 amide bonds. The molecule has 8 aromatic carbocycles. The maximum absolute atomic E-state index is 6.98. The molecule has 0 atom stereocenters. The van der Waals surface area contributed by atoms with Gasteiger partial charge in [0.1, 0.15) is 11.3 Å². The number of furan rings is 1. The third-order valence-electron chi connectivity index (χ3n) is 11.3. The highest BCUT2D eigenvalue weighted by atomic mass is 16.3. The van der Waals surface area contributed by atoms with E-state index < -0.39 is 0 Å². The van der Waals surface area contributed by atoms with Crippen LogP contribution in [0.3, 0.4) is 0 Å². The zero-order chi connectivity index (χ0) is 40.5. The van der Waals surface area contributed by atoms with Crippen molar-refractivity contribution in [2.24, 2.45) is 0 Å². The van der Waals surface area contributed by atoms with Gasteiger partial charge >= 0.3 is 0 Å². The largest absolute Gasteiger partial charge is 0.455 e. The van der Waals surface area contributed by atoms with Crippen LogP contribution in [0.25, 0.3) is 112 Å². The van der Waals surface area contributed by atoms with Crippen molar-refractivity contribution in [3.63, 3.8) is 0 Å². The van der Waals surface area contributed by atoms with Crippen molar-refractivity contribution >= 4 is 21.9 Å². The lowest BCUT2D eigenvalue weighted by Gasteiger charge is -2.11. The first-order chi connectivity index (χ1) is 30.2. The fourth-order valence-electron chi connectivity index (χ4n) is 8.25. The van der Waals surface area contributed by atoms with Gasteiger partial charge in [-0.25, -0.2) is 15.0 Å². The van der Waals surface area contributed by atoms with E-state index in [-0.39, 0.29) is 0 Å². The molecule has 0 saturated heterocycles. The zero-order valence-electron chi connectivity index (χ0n) is 33.1. The highest BCUT2D eigenvalue weighted by Gasteiger charge is 2.24. The molecule has 0 saturated carbocycles. The van der Waals surface area contributed by atoms with Gasteiger partial charge in [-0.05, 0) is 46.0 Å². The summed E-state index contributed by atoms with van der Waals surface area (Å²) < 4.78 is 6.98. The molecule has 286 valence electrons. The van der Waals surface area contributed by atoms with Gasteiger partial charge in [0.2, 0.25) is 0 Å². The minimum absolute atomic E-state index is 0.689. The van der Waals surface area contributed by atoms with Crippen LogP contribution in [0.1, 0.15) is 0 Å². The maximum Gasteiger partial charge on any atom is 0.160 e. The van der Waals surface area contributed by atoms with Crippen LogP contribution < -0.4 is 0 Å². The highest BCUT2D eigenvalue weighted by Crippen LogP contribution is 2.47. The topological polar surface area (TPSA) is 51.8 Å². The molecule has 3 heterocycles. The fourth-order valence-corrected chi connectivity index (χ4v) is 8.25. The van der Waals surface area contributed by atoms with E-state index in [1.165, 1.54) is 11.1 Å². The van der Waals surface area contributed by atoms with E-state index in [2.05, 4.69) is 182 Å². The van der Waals surface area contributed by atoms with Crippen molar-refractivity contribution < 1.29 is 4.42 Å². The summed E-state index contributed by atoms with van der Waals surface area (Å²) in [6.45, 7) is 0. The van der Waals surface area contributed by atoms with Crippen LogP contribution in [0.5, 0.6) is 0 Å². The van der Waals surface area contributed by atoms with Gasteiger partial charge in [-0.1, -0.05) is 206 Å². The molecule has 0 aliphatic rings. The van der Waals surface area contributed by atoms with Crippen LogP contribution in [0.4, 0.5) is 0 Å². The Balaban J connectivity index is 1.01. The summed E-state index contributed by atoms with van der Waals surface area (Å²) >= 11 is 0. The summed E-state index contributed by atoms with van der Waals surface area (Å²) in [7, 11) is 0. The molecule has 3 aromatic heterocycles. The van der Waals surface area contributed by atoms with Crippen molar-refractivity contribution in [1.29, 1.82) is 0 Å². The second kappa shape index (κ2) is 15.5. The first-order valence-corrected chi connectivity index (χ1v) is 20.5. The van der Waals surface area contributed by atoms with Crippen LogP contribution >= 0.6 is 0 Å². The molecule has 0 aliphatic carbocycles. The van der Waals surface area contributed by atoms with Crippen molar-refractivity contribution in [3.8, 4) is 89.9 Å². The van der Waals surface area contributed by atoms with E-state index in [1.54, 1.807) is 0 Å². The Bertz CT molecular complexity index is 3290. The molecule has 4 heteroatoms. The summed E-state index contributed by atoms with van der Waals surface area (Å²) in [4.78, 5) is 15.6. The summed E-state index contributed by atoms with van der Waals surface area (Å²) in [5.74, 6) is 1.52. The summed E-state index contributed by atoms with van der Waals surface area (Å²) in [6, 6.07) is 77.7. The second-order valence-electron chi connectivity index (χ2n) is 15.1. The first kappa shape index (κ1) is 35.9. The number of aromatic nitrogens is 3. The minimum Gasteiger partial charge on any atom is -0.455 e. The Hall–Kier alpha value is -8.21. The second-order valence-corrected chi connectivity index (χ2v) is 15.1. The molecule has 0 spiro atoms. The van der Waals surface area contributed by atoms with E-state index in [4.69, 9.17) is 19.4 Å². The Kier molecular flexibility index (Phi) is 9.14. The molecule has 61 heavy (non-hydrogen) atoms. The molecule has 4 nitrogen and oxygen atoms in total. The predicted molar refractivity (Wildman–Crippen MR) is 251 cm³/mol. The van der Waals surface area contributed by atoms with E-state index >= 15 is 0 Å². The summed E-state index contributed by atoms with van der Waals surface area (Å²) in [5.41, 5.74) is 16.0. The Labute approximate surface area is 354 Å². The van der Waals surface area contributed by atoms with Crippen LogP contribution in [-0.2, 0) is 0 Å². The lowest BCUT2D eigenvalue weighted by atomic mass is 9.94. The average molecular weight is 780 g/mol. The molecule has 0 aliphatic heterocycles. The number of pyridine rings is 1. The van der Waals surface area contributed by atoms with E-state index in [1.807, 2.05) is 42.5 Å². The lowest BCUT2D eigenvalue weighted by Crippen LogP contribution is -1.96. The van der Waals surface area contributed by atoms with Gasteiger partial charge in [0.05, 0.1) is 28.0 Å². The van der Waals surface area contributed by atoms with Gasteiger partial charge in [-0.3, -0.25) is 0 Å². The van der Waals surface area contributed by atoms with Gasteiger partial charge in [0.15, 0.2) is 5.82 Å². The lowest BCUT2D eigenvalue weighted by molar-refractivity contribution is 0.636. The fraction of sp³-hybridized carbons (Fsp3) is 0. The SMILES string of the molecule is c1ccc(-c2ccc(-c3cc(-c4ccc(-c5ccc6c(c5)nc(-c5ccccc5)c5c(-c7ccccc7)c(-c7ccccc7)oc56)cc4)nc(-c4ccccc4)n3)cc2)cc1. The predicted octanol–water partition coefficient (Wildman–Crippen LogP) is 15.1. The van der Waals surface area contributed by atoms with Gasteiger partial charge in [0, 0.05) is 38.8 Å². The number of hydrogen-bond donors (Lipinski definition) is 0. The monoisotopic (exact) mass is 779 g/mol. The number of benzene rings is 8. The minimum atomic E-state index is 0.689. The number of hydrogen-bond acceptors (Lipinski definition) is 4. The molecule has 11 rings (SSSR count). The van der Waals surface area contributed by atoms with Crippen molar-refractivity contribution in [1.82, 2.24) is 15.0 Å². The first-order valence-electron chi connectivity index (χ1n) is 20.5. The Morgan fingerprint density at radius 3 is 1.30 bits per heavy atom. The Morgan fingerprint density at radius 1 is 0.311 bits per heavy atom. The van der Waals surface area contributed by atoms with E-state index in [0.717, 1.165) is 94.8 Å².